The van der Waals surface area contributed by atoms with Gasteiger partial charge < -0.3 is 0 Å². The molecule has 1 aromatic rings. The molecule has 0 amide bonds. The summed E-state index contributed by atoms with van der Waals surface area (Å²) in [6.07, 6.45) is 9.64. The summed E-state index contributed by atoms with van der Waals surface area (Å²) in [7, 11) is 0. The number of hydrogen-bond acceptors (Lipinski definition) is 1. The van der Waals surface area contributed by atoms with Gasteiger partial charge in [0.15, 0.2) is 0 Å². The standard InChI is InChI=1S/C9H12N2/c1-4-5-9-6-10-11(7-9)8(2)3/h1,6-8H,5H2,2-3H3. The van der Waals surface area contributed by atoms with E-state index in [1.807, 2.05) is 17.1 Å². The van der Waals surface area contributed by atoms with Gasteiger partial charge in [0, 0.05) is 24.2 Å². The highest BCUT2D eigenvalue weighted by molar-refractivity contribution is 5.11. The van der Waals surface area contributed by atoms with Crippen LogP contribution in [0.2, 0.25) is 0 Å². The fraction of sp³-hybridized carbons (Fsp3) is 0.444. The van der Waals surface area contributed by atoms with Crippen LogP contribution in [0.4, 0.5) is 0 Å². The zero-order chi connectivity index (χ0) is 8.27. The molecule has 0 atom stereocenters. The topological polar surface area (TPSA) is 17.8 Å². The normalized spacial score (nSPS) is 10.0. The number of rotatable bonds is 2. The lowest BCUT2D eigenvalue weighted by Crippen LogP contribution is -1.99. The molecule has 0 unspecified atom stereocenters. The van der Waals surface area contributed by atoms with Gasteiger partial charge in [-0.25, -0.2) is 0 Å². The van der Waals surface area contributed by atoms with Crippen LogP contribution in [0.25, 0.3) is 0 Å². The Bertz CT molecular complexity index is 265. The largest absolute Gasteiger partial charge is 0.270 e. The summed E-state index contributed by atoms with van der Waals surface area (Å²) in [6, 6.07) is 0.418. The van der Waals surface area contributed by atoms with E-state index in [2.05, 4.69) is 24.9 Å². The molecule has 0 bridgehead atoms. The first-order valence-electron chi connectivity index (χ1n) is 3.70. The van der Waals surface area contributed by atoms with E-state index in [4.69, 9.17) is 6.42 Å². The summed E-state index contributed by atoms with van der Waals surface area (Å²) < 4.78 is 1.91. The van der Waals surface area contributed by atoms with Gasteiger partial charge in [-0.3, -0.25) is 4.68 Å². The van der Waals surface area contributed by atoms with Crippen molar-refractivity contribution in [1.82, 2.24) is 9.78 Å². The molecule has 0 aromatic carbocycles. The van der Waals surface area contributed by atoms with Gasteiger partial charge in [0.1, 0.15) is 0 Å². The monoisotopic (exact) mass is 148 g/mol. The molecule has 0 fully saturated rings. The number of aromatic nitrogens is 2. The van der Waals surface area contributed by atoms with Crippen molar-refractivity contribution in [1.29, 1.82) is 0 Å². The summed E-state index contributed by atoms with van der Waals surface area (Å²) in [4.78, 5) is 0. The van der Waals surface area contributed by atoms with Crippen molar-refractivity contribution in [3.05, 3.63) is 18.0 Å². The Morgan fingerprint density at radius 1 is 1.73 bits per heavy atom. The van der Waals surface area contributed by atoms with Gasteiger partial charge in [0.25, 0.3) is 0 Å². The Kier molecular flexibility index (Phi) is 2.32. The molecule has 0 saturated carbocycles. The molecule has 1 heterocycles. The lowest BCUT2D eigenvalue weighted by molar-refractivity contribution is 0.532. The van der Waals surface area contributed by atoms with E-state index in [1.54, 1.807) is 0 Å². The second kappa shape index (κ2) is 3.25. The number of nitrogens with zero attached hydrogens (tertiary/aromatic N) is 2. The zero-order valence-corrected chi connectivity index (χ0v) is 6.91. The molecule has 2 nitrogen and oxygen atoms in total. The lowest BCUT2D eigenvalue weighted by Gasteiger charge is -2.02. The van der Waals surface area contributed by atoms with Crippen LogP contribution in [0.5, 0.6) is 0 Å². The van der Waals surface area contributed by atoms with Gasteiger partial charge >= 0.3 is 0 Å². The molecule has 58 valence electrons. The van der Waals surface area contributed by atoms with E-state index >= 15 is 0 Å². The Hall–Kier alpha value is -1.23. The predicted molar refractivity (Wildman–Crippen MR) is 45.1 cm³/mol. The van der Waals surface area contributed by atoms with E-state index in [1.165, 1.54) is 0 Å². The third-order valence-electron chi connectivity index (χ3n) is 1.49. The van der Waals surface area contributed by atoms with Crippen LogP contribution >= 0.6 is 0 Å². The third kappa shape index (κ3) is 1.84. The van der Waals surface area contributed by atoms with E-state index in [9.17, 15) is 0 Å². The Labute approximate surface area is 67.2 Å². The average Bonchev–Trinajstić information content (AvgIpc) is 2.37. The first kappa shape index (κ1) is 7.87. The second-order valence-corrected chi connectivity index (χ2v) is 2.80. The molecule has 0 aliphatic heterocycles. The molecule has 11 heavy (non-hydrogen) atoms. The van der Waals surface area contributed by atoms with Gasteiger partial charge in [-0.05, 0) is 13.8 Å². The molecule has 1 aromatic heterocycles. The minimum atomic E-state index is 0.418. The highest BCUT2D eigenvalue weighted by Crippen LogP contribution is 2.04. The fourth-order valence-electron chi connectivity index (χ4n) is 0.869. The molecule has 1 rings (SSSR count). The SMILES string of the molecule is C#CCc1cnn(C(C)C)c1. The zero-order valence-electron chi connectivity index (χ0n) is 6.91. The summed E-state index contributed by atoms with van der Waals surface area (Å²) in [6.45, 7) is 4.18. The first-order chi connectivity index (χ1) is 5.24. The fourth-order valence-corrected chi connectivity index (χ4v) is 0.869. The van der Waals surface area contributed by atoms with Crippen molar-refractivity contribution in [2.24, 2.45) is 0 Å². The minimum Gasteiger partial charge on any atom is -0.270 e. The average molecular weight is 148 g/mol. The van der Waals surface area contributed by atoms with Crippen LogP contribution in [0.1, 0.15) is 25.5 Å². The summed E-state index contributed by atoms with van der Waals surface area (Å²) in [5, 5.41) is 4.16. The molecule has 0 radical (unpaired) electrons. The van der Waals surface area contributed by atoms with Crippen molar-refractivity contribution in [3.8, 4) is 12.3 Å². The van der Waals surface area contributed by atoms with Crippen molar-refractivity contribution in [3.63, 3.8) is 0 Å². The van der Waals surface area contributed by atoms with E-state index in [0.29, 0.717) is 12.5 Å². The molecule has 2 heteroatoms. The maximum Gasteiger partial charge on any atom is 0.0531 e. The Morgan fingerprint density at radius 2 is 2.45 bits per heavy atom. The highest BCUT2D eigenvalue weighted by atomic mass is 15.3. The quantitative estimate of drug-likeness (QED) is 0.583. The van der Waals surface area contributed by atoms with Crippen molar-refractivity contribution < 1.29 is 0 Å². The molecular weight excluding hydrogens is 136 g/mol. The van der Waals surface area contributed by atoms with Gasteiger partial charge in [-0.15, -0.1) is 12.3 Å². The van der Waals surface area contributed by atoms with Crippen molar-refractivity contribution in [2.45, 2.75) is 26.3 Å². The van der Waals surface area contributed by atoms with Crippen LogP contribution in [-0.4, -0.2) is 9.78 Å². The summed E-state index contributed by atoms with van der Waals surface area (Å²) in [5.74, 6) is 2.58. The molecular formula is C9H12N2. The minimum absolute atomic E-state index is 0.418. The van der Waals surface area contributed by atoms with Crippen LogP contribution in [-0.2, 0) is 6.42 Å². The third-order valence-corrected chi connectivity index (χ3v) is 1.49. The summed E-state index contributed by atoms with van der Waals surface area (Å²) >= 11 is 0. The molecule has 0 aliphatic carbocycles. The first-order valence-corrected chi connectivity index (χ1v) is 3.70. The molecule has 0 aliphatic rings. The maximum absolute atomic E-state index is 5.16. The number of hydrogen-bond donors (Lipinski definition) is 0. The van der Waals surface area contributed by atoms with Gasteiger partial charge in [-0.2, -0.15) is 5.10 Å². The summed E-state index contributed by atoms with van der Waals surface area (Å²) in [5.41, 5.74) is 1.11. The maximum atomic E-state index is 5.16. The van der Waals surface area contributed by atoms with E-state index in [0.717, 1.165) is 5.56 Å². The lowest BCUT2D eigenvalue weighted by atomic mass is 10.3. The van der Waals surface area contributed by atoms with Crippen molar-refractivity contribution in [2.75, 3.05) is 0 Å². The van der Waals surface area contributed by atoms with Crippen LogP contribution in [0, 0.1) is 12.3 Å². The van der Waals surface area contributed by atoms with Crippen LogP contribution in [0.15, 0.2) is 12.4 Å². The Balaban J connectivity index is 2.75. The van der Waals surface area contributed by atoms with Crippen molar-refractivity contribution >= 4 is 0 Å². The van der Waals surface area contributed by atoms with Gasteiger partial charge in [-0.1, -0.05) is 0 Å². The second-order valence-electron chi connectivity index (χ2n) is 2.80. The molecule has 0 saturated heterocycles. The molecule has 0 N–H and O–H groups in total. The van der Waals surface area contributed by atoms with E-state index in [-0.39, 0.29) is 0 Å². The van der Waals surface area contributed by atoms with Crippen LogP contribution in [0.3, 0.4) is 0 Å². The van der Waals surface area contributed by atoms with Crippen LogP contribution < -0.4 is 0 Å². The molecule has 0 spiro atoms. The van der Waals surface area contributed by atoms with Gasteiger partial charge in [0.05, 0.1) is 6.20 Å². The van der Waals surface area contributed by atoms with E-state index < -0.39 is 0 Å². The predicted octanol–water partition coefficient (Wildman–Crippen LogP) is 1.64. The number of terminal acetylenes is 1. The highest BCUT2D eigenvalue weighted by Gasteiger charge is 1.98. The Morgan fingerprint density at radius 3 is 2.91 bits per heavy atom. The smallest absolute Gasteiger partial charge is 0.0531 e. The van der Waals surface area contributed by atoms with Gasteiger partial charge in [0.2, 0.25) is 0 Å².